The van der Waals surface area contributed by atoms with Crippen LogP contribution in [0.5, 0.6) is 0 Å². The highest BCUT2D eigenvalue weighted by Gasteiger charge is 2.23. The number of nitrogens with zero attached hydrogens (tertiary/aromatic N) is 4. The number of halogens is 1. The molecule has 0 radical (unpaired) electrons. The van der Waals surface area contributed by atoms with Crippen molar-refractivity contribution in [2.75, 3.05) is 31.9 Å². The number of hydrogen-bond acceptors (Lipinski definition) is 3. The maximum Gasteiger partial charge on any atom is 0.124 e. The summed E-state index contributed by atoms with van der Waals surface area (Å²) in [7, 11) is 0. The van der Waals surface area contributed by atoms with Gasteiger partial charge < -0.3 is 14.4 Å². The molecule has 3 rings (SSSR count). The van der Waals surface area contributed by atoms with Crippen molar-refractivity contribution in [3.8, 4) is 5.69 Å². The fourth-order valence-corrected chi connectivity index (χ4v) is 2.77. The largest absolute Gasteiger partial charge is 0.370 e. The first-order valence-electron chi connectivity index (χ1n) is 9.40. The van der Waals surface area contributed by atoms with Crippen molar-refractivity contribution in [3.05, 3.63) is 41.4 Å². The Balaban J connectivity index is 1.74. The van der Waals surface area contributed by atoms with Crippen LogP contribution in [0, 0.1) is 0 Å². The summed E-state index contributed by atoms with van der Waals surface area (Å²) in [4.78, 5) is 6.83. The third-order valence-corrected chi connectivity index (χ3v) is 4.00. The number of likely N-dealkylation sites (N-methyl/N-ethyl adjacent to an activating group) is 1. The van der Waals surface area contributed by atoms with Gasteiger partial charge in [-0.25, -0.2) is 4.98 Å². The molecular weight excluding hydrogens is 316 g/mol. The molecule has 1 aliphatic heterocycles. The van der Waals surface area contributed by atoms with Crippen LogP contribution in [0.15, 0.2) is 41.4 Å². The molecule has 0 aliphatic carbocycles. The fraction of sp³-hybridized carbons (Fsp3) is 0.400. The third kappa shape index (κ3) is 2.74. The lowest BCUT2D eigenvalue weighted by molar-refractivity contribution is 0.315. The molecule has 20 heavy (non-hydrogen) atoms. The number of hydrogen-bond donors (Lipinski definition) is 0. The predicted octanol–water partition coefficient (Wildman–Crippen LogP) is 2.78. The number of imidazole rings is 1. The van der Waals surface area contributed by atoms with Crippen molar-refractivity contribution in [1.82, 2.24) is 14.5 Å². The van der Waals surface area contributed by atoms with E-state index in [1.54, 1.807) is 6.33 Å². The van der Waals surface area contributed by atoms with Gasteiger partial charge in [0.05, 0.1) is 0 Å². The summed E-state index contributed by atoms with van der Waals surface area (Å²) in [5, 5.41) is 0. The van der Waals surface area contributed by atoms with E-state index in [9.17, 15) is 0 Å². The fourth-order valence-electron chi connectivity index (χ4n) is 2.46. The number of rotatable bonds is 3. The Morgan fingerprint density at radius 2 is 2.05 bits per heavy atom. The summed E-state index contributed by atoms with van der Waals surface area (Å²) in [5.74, 6) is 0. The van der Waals surface area contributed by atoms with Crippen molar-refractivity contribution >= 4 is 21.6 Å². The van der Waals surface area contributed by atoms with Gasteiger partial charge in [0, 0.05) is 44.9 Å². The molecule has 0 amide bonds. The zero-order valence-corrected chi connectivity index (χ0v) is 12.4. The summed E-state index contributed by atoms with van der Waals surface area (Å²) < 4.78 is 48.1. The zero-order valence-electron chi connectivity index (χ0n) is 16.8. The minimum absolute atomic E-state index is 0.368. The Bertz CT molecular complexity index is 741. The summed E-state index contributed by atoms with van der Waals surface area (Å²) >= 11 is 3.31. The van der Waals surface area contributed by atoms with E-state index in [0.29, 0.717) is 24.4 Å². The first kappa shape index (κ1) is 8.20. The minimum Gasteiger partial charge on any atom is -0.370 e. The quantitative estimate of drug-likeness (QED) is 0.858. The van der Waals surface area contributed by atoms with Gasteiger partial charge in [0.2, 0.25) is 0 Å². The molecule has 0 saturated carbocycles. The van der Waals surface area contributed by atoms with E-state index in [2.05, 4.69) is 20.9 Å². The lowest BCUT2D eigenvalue weighted by atomic mass is 10.2. The third-order valence-electron chi connectivity index (χ3n) is 3.59. The first-order valence-corrected chi connectivity index (χ1v) is 7.19. The van der Waals surface area contributed by atoms with Crippen LogP contribution in [0.25, 0.3) is 5.69 Å². The molecule has 0 bridgehead atoms. The Kier molecular flexibility index (Phi) is 2.29. The molecule has 1 atom stereocenters. The first-order chi connectivity index (χ1) is 12.1. The maximum absolute atomic E-state index is 7.57. The number of anilines is 1. The second kappa shape index (κ2) is 5.58. The lowest BCUT2D eigenvalue weighted by Gasteiger charge is -2.22. The Labute approximate surface area is 136 Å². The molecule has 0 unspecified atom stereocenters. The average Bonchev–Trinajstić information content (AvgIpc) is 3.14. The van der Waals surface area contributed by atoms with E-state index in [4.69, 9.17) is 8.22 Å². The standard InChI is InChI=1S/C15H19BrN4/c1-18(2)14-7-8-19(9-14)12-3-5-13(6-4-12)20-10-15(16)17-11-20/h3-6,10-11,14H,7-9H2,1-2H3/t14-/m1/s1/i1D3,2D3. The van der Waals surface area contributed by atoms with Crippen LogP contribution in [0.1, 0.15) is 14.6 Å². The Hall–Kier alpha value is -1.33. The van der Waals surface area contributed by atoms with Crippen molar-refractivity contribution in [2.24, 2.45) is 0 Å². The van der Waals surface area contributed by atoms with E-state index in [1.807, 2.05) is 39.9 Å². The Morgan fingerprint density at radius 3 is 2.70 bits per heavy atom. The lowest BCUT2D eigenvalue weighted by Crippen LogP contribution is -2.31. The van der Waals surface area contributed by atoms with Gasteiger partial charge in [-0.3, -0.25) is 0 Å². The number of benzene rings is 1. The topological polar surface area (TPSA) is 24.3 Å². The molecule has 1 aromatic carbocycles. The van der Waals surface area contributed by atoms with Crippen LogP contribution < -0.4 is 4.90 Å². The predicted molar refractivity (Wildman–Crippen MR) is 85.6 cm³/mol. The van der Waals surface area contributed by atoms with E-state index in [-0.39, 0.29) is 0 Å². The zero-order chi connectivity index (χ0) is 19.1. The summed E-state index contributed by atoms with van der Waals surface area (Å²) in [6.45, 7) is -4.31. The molecule has 2 heterocycles. The van der Waals surface area contributed by atoms with E-state index in [0.717, 1.165) is 16.0 Å². The highest BCUT2D eigenvalue weighted by molar-refractivity contribution is 9.10. The van der Waals surface area contributed by atoms with Crippen LogP contribution in [-0.4, -0.2) is 47.5 Å². The van der Waals surface area contributed by atoms with Gasteiger partial charge in [0.1, 0.15) is 10.9 Å². The average molecular weight is 341 g/mol. The van der Waals surface area contributed by atoms with Gasteiger partial charge in [-0.1, -0.05) is 0 Å². The van der Waals surface area contributed by atoms with Crippen LogP contribution in [0.2, 0.25) is 0 Å². The maximum atomic E-state index is 7.57. The van der Waals surface area contributed by atoms with E-state index >= 15 is 0 Å². The van der Waals surface area contributed by atoms with Gasteiger partial charge >= 0.3 is 0 Å². The monoisotopic (exact) mass is 340 g/mol. The SMILES string of the molecule is [2H]C([2H])([2H])N([C@@H]1CCN(c2ccc(-n3cnc(Br)c3)cc2)C1)C([2H])([2H])[2H]. The molecule has 1 saturated heterocycles. The van der Waals surface area contributed by atoms with Crippen LogP contribution in [0.4, 0.5) is 5.69 Å². The minimum atomic E-state index is -2.65. The highest BCUT2D eigenvalue weighted by Crippen LogP contribution is 2.23. The van der Waals surface area contributed by atoms with Gasteiger partial charge in [-0.05, 0) is 60.6 Å². The smallest absolute Gasteiger partial charge is 0.124 e. The van der Waals surface area contributed by atoms with Gasteiger partial charge in [-0.15, -0.1) is 0 Å². The normalized spacial score (nSPS) is 24.7. The summed E-state index contributed by atoms with van der Waals surface area (Å²) in [6.07, 6.45) is 4.05. The summed E-state index contributed by atoms with van der Waals surface area (Å²) in [6, 6.07) is 7.24. The van der Waals surface area contributed by atoms with Gasteiger partial charge in [0.15, 0.2) is 0 Å². The molecule has 2 aromatic rings. The molecule has 5 heteroatoms. The molecule has 0 spiro atoms. The van der Waals surface area contributed by atoms with Gasteiger partial charge in [0.25, 0.3) is 0 Å². The highest BCUT2D eigenvalue weighted by atomic mass is 79.9. The van der Waals surface area contributed by atoms with Crippen molar-refractivity contribution in [1.29, 1.82) is 0 Å². The van der Waals surface area contributed by atoms with Crippen molar-refractivity contribution < 1.29 is 8.22 Å². The molecule has 1 fully saturated rings. The Morgan fingerprint density at radius 1 is 1.30 bits per heavy atom. The van der Waals surface area contributed by atoms with E-state index in [1.165, 1.54) is 0 Å². The van der Waals surface area contributed by atoms with E-state index < -0.39 is 20.0 Å². The summed E-state index contributed by atoms with van der Waals surface area (Å²) in [5.41, 5.74) is 1.89. The molecule has 4 nitrogen and oxygen atoms in total. The molecule has 1 aromatic heterocycles. The van der Waals surface area contributed by atoms with Crippen molar-refractivity contribution in [2.45, 2.75) is 12.5 Å². The van der Waals surface area contributed by atoms with Crippen LogP contribution in [0.3, 0.4) is 0 Å². The molecule has 106 valence electrons. The van der Waals surface area contributed by atoms with Gasteiger partial charge in [-0.2, -0.15) is 0 Å². The molecule has 0 N–H and O–H groups in total. The van der Waals surface area contributed by atoms with Crippen molar-refractivity contribution in [3.63, 3.8) is 0 Å². The molecule has 1 aliphatic rings. The van der Waals surface area contributed by atoms with Crippen LogP contribution >= 0.6 is 15.9 Å². The second-order valence-corrected chi connectivity index (χ2v) is 5.69. The van der Waals surface area contributed by atoms with Crippen LogP contribution in [-0.2, 0) is 0 Å². The molecular formula is C15H19BrN4. The number of aromatic nitrogens is 2. The second-order valence-electron chi connectivity index (χ2n) is 4.88.